The number of rotatable bonds is 7. The van der Waals surface area contributed by atoms with Gasteiger partial charge in [0.1, 0.15) is 17.7 Å². The molecule has 10 nitrogen and oxygen atoms in total. The van der Waals surface area contributed by atoms with Crippen LogP contribution in [0.1, 0.15) is 25.3 Å². The molecule has 14 heteroatoms. The fraction of sp³-hybridized carbons (Fsp3) is 0.273. The van der Waals surface area contributed by atoms with Gasteiger partial charge < -0.3 is 15.6 Å². The Labute approximate surface area is 200 Å². The third-order valence-corrected chi connectivity index (χ3v) is 5.47. The molecule has 4 N–H and O–H groups in total. The van der Waals surface area contributed by atoms with E-state index in [0.717, 1.165) is 18.6 Å². The normalized spacial score (nSPS) is 12.6. The van der Waals surface area contributed by atoms with Crippen LogP contribution in [0.4, 0.5) is 29.2 Å². The largest absolute Gasteiger partial charge is 0.423 e. The molecule has 36 heavy (non-hydrogen) atoms. The molecule has 0 saturated heterocycles. The molecule has 0 fully saturated rings. The van der Waals surface area contributed by atoms with Crippen molar-refractivity contribution in [2.75, 3.05) is 11.1 Å². The first-order valence-corrected chi connectivity index (χ1v) is 10.7. The maximum absolute atomic E-state index is 14.8. The lowest BCUT2D eigenvalue weighted by Gasteiger charge is -2.18. The molecule has 1 atom stereocenters. The predicted octanol–water partition coefficient (Wildman–Crippen LogP) is 2.96. The van der Waals surface area contributed by atoms with Gasteiger partial charge in [-0.25, -0.2) is 19.5 Å². The summed E-state index contributed by atoms with van der Waals surface area (Å²) in [6.45, 7) is 1.89. The Morgan fingerprint density at radius 2 is 2.00 bits per heavy atom. The highest BCUT2D eigenvalue weighted by molar-refractivity contribution is 5.86. The van der Waals surface area contributed by atoms with E-state index in [1.807, 2.05) is 0 Å². The number of anilines is 2. The third-order valence-electron chi connectivity index (χ3n) is 5.47. The standard InChI is InChI=1S/C22H20F4N8O2/c1-11(31-16-9-30-33-19(35)17(16)22(24,25)26)3-2-5-34-6-4-12-7-14(15(23)8-13(12)20(34)36)18-28-10-29-21(27)32-18/h4,6-11H,2-3,5H2,1H3,(H2,31,33,35)(H2,27,28,29,32)/t11-/m0/s1. The SMILES string of the molecule is C[C@@H](CCCn1ccc2cc(-c3ncnc(N)n3)c(F)cc2c1=O)Nc1cn[nH]c(=O)c1C(F)(F)F. The van der Waals surface area contributed by atoms with Gasteiger partial charge in [0.2, 0.25) is 5.95 Å². The number of hydrogen-bond donors (Lipinski definition) is 3. The number of pyridine rings is 1. The molecule has 3 aromatic heterocycles. The van der Waals surface area contributed by atoms with Crippen LogP contribution in [0.3, 0.4) is 0 Å². The molecule has 1 aromatic carbocycles. The zero-order chi connectivity index (χ0) is 26.0. The van der Waals surface area contributed by atoms with E-state index in [1.165, 1.54) is 10.6 Å². The molecule has 0 unspecified atom stereocenters. The smallest absolute Gasteiger partial charge is 0.381 e. The number of H-pyrrole nitrogens is 1. The average molecular weight is 504 g/mol. The Morgan fingerprint density at radius 3 is 2.72 bits per heavy atom. The first-order chi connectivity index (χ1) is 17.0. The molecule has 4 aromatic rings. The van der Waals surface area contributed by atoms with Crippen molar-refractivity contribution in [3.63, 3.8) is 0 Å². The summed E-state index contributed by atoms with van der Waals surface area (Å²) in [5.74, 6) is -0.729. The van der Waals surface area contributed by atoms with Gasteiger partial charge in [0.15, 0.2) is 5.82 Å². The molecule has 0 aliphatic heterocycles. The van der Waals surface area contributed by atoms with Crippen LogP contribution in [0.2, 0.25) is 0 Å². The van der Waals surface area contributed by atoms with Crippen molar-refractivity contribution in [2.45, 2.75) is 38.5 Å². The van der Waals surface area contributed by atoms with Crippen molar-refractivity contribution in [3.8, 4) is 11.4 Å². The van der Waals surface area contributed by atoms with E-state index in [9.17, 15) is 27.2 Å². The number of nitrogens with one attached hydrogen (secondary N) is 2. The first kappa shape index (κ1) is 24.8. The Hall–Kier alpha value is -4.36. The summed E-state index contributed by atoms with van der Waals surface area (Å²) in [6, 6.07) is 3.74. The summed E-state index contributed by atoms with van der Waals surface area (Å²) >= 11 is 0. The van der Waals surface area contributed by atoms with Crippen molar-refractivity contribution in [2.24, 2.45) is 0 Å². The molecule has 0 radical (unpaired) electrons. The first-order valence-electron chi connectivity index (χ1n) is 10.7. The van der Waals surface area contributed by atoms with Gasteiger partial charge in [-0.15, -0.1) is 0 Å². The molecule has 0 aliphatic rings. The second-order valence-electron chi connectivity index (χ2n) is 8.07. The topological polar surface area (TPSA) is 144 Å². The van der Waals surface area contributed by atoms with E-state index in [2.05, 4.69) is 25.4 Å². The highest BCUT2D eigenvalue weighted by Crippen LogP contribution is 2.32. The summed E-state index contributed by atoms with van der Waals surface area (Å²) in [4.78, 5) is 36.0. The maximum Gasteiger partial charge on any atom is 0.423 e. The Kier molecular flexibility index (Phi) is 6.68. The van der Waals surface area contributed by atoms with Crippen molar-refractivity contribution >= 4 is 22.4 Å². The van der Waals surface area contributed by atoms with Gasteiger partial charge in [-0.05, 0) is 43.4 Å². The zero-order valence-electron chi connectivity index (χ0n) is 18.8. The van der Waals surface area contributed by atoms with Gasteiger partial charge in [0.05, 0.1) is 22.8 Å². The Balaban J connectivity index is 1.48. The lowest BCUT2D eigenvalue weighted by atomic mass is 10.1. The van der Waals surface area contributed by atoms with Crippen molar-refractivity contribution in [1.82, 2.24) is 29.7 Å². The van der Waals surface area contributed by atoms with Crippen molar-refractivity contribution in [3.05, 3.63) is 69.0 Å². The highest BCUT2D eigenvalue weighted by atomic mass is 19.4. The number of hydrogen-bond acceptors (Lipinski definition) is 8. The Morgan fingerprint density at radius 1 is 1.22 bits per heavy atom. The second kappa shape index (κ2) is 9.71. The molecule has 0 saturated carbocycles. The van der Waals surface area contributed by atoms with Crippen molar-refractivity contribution < 1.29 is 17.6 Å². The number of alkyl halides is 3. The van der Waals surface area contributed by atoms with Gasteiger partial charge in [-0.1, -0.05) is 0 Å². The number of nitrogens with two attached hydrogens (primary N) is 1. The maximum atomic E-state index is 14.8. The van der Waals surface area contributed by atoms with Crippen LogP contribution in [0.25, 0.3) is 22.2 Å². The number of aromatic amines is 1. The second-order valence-corrected chi connectivity index (χ2v) is 8.07. The zero-order valence-corrected chi connectivity index (χ0v) is 18.8. The number of fused-ring (bicyclic) bond motifs is 1. The number of aromatic nitrogens is 6. The molecule has 188 valence electrons. The highest BCUT2D eigenvalue weighted by Gasteiger charge is 2.37. The lowest BCUT2D eigenvalue weighted by molar-refractivity contribution is -0.138. The number of aryl methyl sites for hydroxylation is 1. The number of nitrogen functional groups attached to an aromatic ring is 1. The summed E-state index contributed by atoms with van der Waals surface area (Å²) in [5, 5.41) is 8.48. The van der Waals surface area contributed by atoms with Crippen LogP contribution in [0.15, 0.2) is 46.5 Å². The minimum Gasteiger partial charge on any atom is -0.381 e. The van der Waals surface area contributed by atoms with Gasteiger partial charge in [0.25, 0.3) is 11.1 Å². The van der Waals surface area contributed by atoms with E-state index in [1.54, 1.807) is 24.3 Å². The quantitative estimate of drug-likeness (QED) is 0.326. The monoisotopic (exact) mass is 504 g/mol. The fourth-order valence-electron chi connectivity index (χ4n) is 3.79. The molecule has 0 amide bonds. The van der Waals surface area contributed by atoms with Crippen LogP contribution in [-0.4, -0.2) is 35.8 Å². The fourth-order valence-corrected chi connectivity index (χ4v) is 3.79. The van der Waals surface area contributed by atoms with Crippen LogP contribution in [0, 0.1) is 5.82 Å². The van der Waals surface area contributed by atoms with E-state index in [0.29, 0.717) is 18.2 Å². The van der Waals surface area contributed by atoms with E-state index < -0.39 is 40.4 Å². The van der Waals surface area contributed by atoms with E-state index in [4.69, 9.17) is 5.73 Å². The molecule has 0 spiro atoms. The number of nitrogens with zero attached hydrogens (tertiary/aromatic N) is 5. The van der Waals surface area contributed by atoms with Gasteiger partial charge >= 0.3 is 6.18 Å². The van der Waals surface area contributed by atoms with Crippen LogP contribution < -0.4 is 22.2 Å². The van der Waals surface area contributed by atoms with Gasteiger partial charge in [-0.2, -0.15) is 23.3 Å². The van der Waals surface area contributed by atoms with E-state index >= 15 is 0 Å². The molecular formula is C22H20F4N8O2. The molecule has 3 heterocycles. The van der Waals surface area contributed by atoms with Gasteiger partial charge in [0, 0.05) is 18.8 Å². The van der Waals surface area contributed by atoms with Crippen molar-refractivity contribution in [1.29, 1.82) is 0 Å². The molecule has 0 bridgehead atoms. The van der Waals surface area contributed by atoms with E-state index in [-0.39, 0.29) is 29.3 Å². The van der Waals surface area contributed by atoms with Crippen LogP contribution >= 0.6 is 0 Å². The van der Waals surface area contributed by atoms with Crippen LogP contribution in [0.5, 0.6) is 0 Å². The number of halogens is 4. The van der Waals surface area contributed by atoms with Gasteiger partial charge in [-0.3, -0.25) is 9.59 Å². The minimum atomic E-state index is -4.84. The number of benzene rings is 1. The molecular weight excluding hydrogens is 484 g/mol. The van der Waals surface area contributed by atoms with Crippen LogP contribution in [-0.2, 0) is 12.7 Å². The third kappa shape index (κ3) is 5.16. The summed E-state index contributed by atoms with van der Waals surface area (Å²) in [5.41, 5.74) is 2.07. The predicted molar refractivity (Wildman–Crippen MR) is 124 cm³/mol. The Bertz CT molecular complexity index is 1530. The molecule has 0 aliphatic carbocycles. The summed E-state index contributed by atoms with van der Waals surface area (Å²) < 4.78 is 55.8. The summed E-state index contributed by atoms with van der Waals surface area (Å²) in [6.07, 6.45) is -0.435. The minimum absolute atomic E-state index is 0.0388. The average Bonchev–Trinajstić information content (AvgIpc) is 2.80. The summed E-state index contributed by atoms with van der Waals surface area (Å²) in [7, 11) is 0. The lowest BCUT2D eigenvalue weighted by Crippen LogP contribution is -2.27. The molecule has 4 rings (SSSR count).